The van der Waals surface area contributed by atoms with Crippen LogP contribution in [0.15, 0.2) is 28.7 Å². The molecule has 0 unspecified atom stereocenters. The molecule has 1 fully saturated rings. The van der Waals surface area contributed by atoms with E-state index in [1.165, 1.54) is 12.8 Å². The van der Waals surface area contributed by atoms with Crippen LogP contribution in [0, 0.1) is 0 Å². The Morgan fingerprint density at radius 2 is 2.11 bits per heavy atom. The molecule has 0 amide bonds. The summed E-state index contributed by atoms with van der Waals surface area (Å²) in [6.45, 7) is 0. The lowest BCUT2D eigenvalue weighted by Crippen LogP contribution is -2.10. The van der Waals surface area contributed by atoms with Gasteiger partial charge in [0.2, 0.25) is 0 Å². The van der Waals surface area contributed by atoms with Crippen LogP contribution in [-0.2, 0) is 4.79 Å². The minimum atomic E-state index is -0.955. The van der Waals surface area contributed by atoms with Crippen LogP contribution in [0.25, 0.3) is 6.08 Å². The molecule has 2 rings (SSSR count). The summed E-state index contributed by atoms with van der Waals surface area (Å²) in [6.07, 6.45) is 7.67. The van der Waals surface area contributed by atoms with Gasteiger partial charge in [0.1, 0.15) is 5.75 Å². The fourth-order valence-corrected chi connectivity index (χ4v) is 2.46. The van der Waals surface area contributed by atoms with Crippen molar-refractivity contribution in [3.63, 3.8) is 0 Å². The molecule has 18 heavy (non-hydrogen) atoms. The Morgan fingerprint density at radius 3 is 2.78 bits per heavy atom. The van der Waals surface area contributed by atoms with Crippen molar-refractivity contribution >= 4 is 28.0 Å². The van der Waals surface area contributed by atoms with Gasteiger partial charge in [-0.25, -0.2) is 4.79 Å². The van der Waals surface area contributed by atoms with Gasteiger partial charge in [0.25, 0.3) is 0 Å². The number of hydrogen-bond donors (Lipinski definition) is 1. The van der Waals surface area contributed by atoms with Crippen molar-refractivity contribution in [1.29, 1.82) is 0 Å². The van der Waals surface area contributed by atoms with Gasteiger partial charge in [-0.1, -0.05) is 15.9 Å². The zero-order chi connectivity index (χ0) is 13.0. The fraction of sp³-hybridized carbons (Fsp3) is 0.357. The number of carboxylic acids is 1. The molecule has 1 aliphatic rings. The zero-order valence-corrected chi connectivity index (χ0v) is 11.5. The van der Waals surface area contributed by atoms with Crippen molar-refractivity contribution in [3.05, 3.63) is 34.3 Å². The Kier molecular flexibility index (Phi) is 4.42. The standard InChI is InChI=1S/C14H15BrO3/c15-13-7-6-12(18-11-3-1-2-4-11)9-10(13)5-8-14(16)17/h5-9,11H,1-4H2,(H,16,17)/b8-5+. The number of rotatable bonds is 4. The van der Waals surface area contributed by atoms with Gasteiger partial charge >= 0.3 is 5.97 Å². The molecule has 1 saturated carbocycles. The van der Waals surface area contributed by atoms with Crippen LogP contribution in [-0.4, -0.2) is 17.2 Å². The third-order valence-electron chi connectivity index (χ3n) is 2.98. The summed E-state index contributed by atoms with van der Waals surface area (Å²) in [4.78, 5) is 10.5. The number of aliphatic carboxylic acids is 1. The summed E-state index contributed by atoms with van der Waals surface area (Å²) in [7, 11) is 0. The minimum Gasteiger partial charge on any atom is -0.490 e. The molecule has 0 atom stereocenters. The number of carbonyl (C=O) groups is 1. The first-order valence-corrected chi connectivity index (χ1v) is 6.81. The topological polar surface area (TPSA) is 46.5 Å². The van der Waals surface area contributed by atoms with Crippen LogP contribution in [0.4, 0.5) is 0 Å². The summed E-state index contributed by atoms with van der Waals surface area (Å²) in [6, 6.07) is 5.65. The van der Waals surface area contributed by atoms with Gasteiger partial charge in [0.05, 0.1) is 6.10 Å². The van der Waals surface area contributed by atoms with Gasteiger partial charge in [-0.15, -0.1) is 0 Å². The molecule has 0 aromatic heterocycles. The third-order valence-corrected chi connectivity index (χ3v) is 3.70. The molecule has 0 heterocycles. The van der Waals surface area contributed by atoms with Gasteiger partial charge in [-0.3, -0.25) is 0 Å². The maximum atomic E-state index is 10.5. The molecular formula is C14H15BrO3. The van der Waals surface area contributed by atoms with Crippen molar-refractivity contribution < 1.29 is 14.6 Å². The van der Waals surface area contributed by atoms with E-state index in [1.54, 1.807) is 6.08 Å². The molecular weight excluding hydrogens is 296 g/mol. The molecule has 1 N–H and O–H groups in total. The van der Waals surface area contributed by atoms with Crippen LogP contribution in [0.3, 0.4) is 0 Å². The van der Waals surface area contributed by atoms with Crippen LogP contribution in [0.5, 0.6) is 5.75 Å². The highest BCUT2D eigenvalue weighted by molar-refractivity contribution is 9.10. The number of benzene rings is 1. The van der Waals surface area contributed by atoms with Crippen molar-refractivity contribution in [2.45, 2.75) is 31.8 Å². The van der Waals surface area contributed by atoms with Crippen molar-refractivity contribution in [3.8, 4) is 5.75 Å². The first kappa shape index (κ1) is 13.1. The molecule has 0 aliphatic heterocycles. The van der Waals surface area contributed by atoms with E-state index in [0.717, 1.165) is 34.7 Å². The number of ether oxygens (including phenoxy) is 1. The lowest BCUT2D eigenvalue weighted by molar-refractivity contribution is -0.131. The molecule has 0 saturated heterocycles. The van der Waals surface area contributed by atoms with E-state index in [1.807, 2.05) is 18.2 Å². The fourth-order valence-electron chi connectivity index (χ4n) is 2.08. The first-order valence-electron chi connectivity index (χ1n) is 6.02. The number of carboxylic acid groups (broad SMARTS) is 1. The normalized spacial score (nSPS) is 16.3. The number of halogens is 1. The van der Waals surface area contributed by atoms with Gasteiger partial charge in [0, 0.05) is 10.5 Å². The van der Waals surface area contributed by atoms with E-state index >= 15 is 0 Å². The van der Waals surface area contributed by atoms with Gasteiger partial charge in [-0.2, -0.15) is 0 Å². The average Bonchev–Trinajstić information content (AvgIpc) is 2.82. The molecule has 0 radical (unpaired) electrons. The predicted octanol–water partition coefficient (Wildman–Crippen LogP) is 3.87. The molecule has 3 nitrogen and oxygen atoms in total. The monoisotopic (exact) mass is 310 g/mol. The highest BCUT2D eigenvalue weighted by Crippen LogP contribution is 2.28. The molecule has 0 bridgehead atoms. The van der Waals surface area contributed by atoms with Crippen LogP contribution >= 0.6 is 15.9 Å². The summed E-state index contributed by atoms with van der Waals surface area (Å²) >= 11 is 3.39. The Labute approximate surface area is 115 Å². The second-order valence-electron chi connectivity index (χ2n) is 4.38. The van der Waals surface area contributed by atoms with Crippen molar-refractivity contribution in [1.82, 2.24) is 0 Å². The highest BCUT2D eigenvalue weighted by atomic mass is 79.9. The molecule has 0 spiro atoms. The molecule has 1 aliphatic carbocycles. The summed E-state index contributed by atoms with van der Waals surface area (Å²) in [5.74, 6) is -0.154. The van der Waals surface area contributed by atoms with Gasteiger partial charge in [0.15, 0.2) is 0 Å². The maximum Gasteiger partial charge on any atom is 0.328 e. The van der Waals surface area contributed by atoms with Crippen LogP contribution in [0.2, 0.25) is 0 Å². The van der Waals surface area contributed by atoms with Crippen molar-refractivity contribution in [2.24, 2.45) is 0 Å². The lowest BCUT2D eigenvalue weighted by atomic mass is 10.2. The Morgan fingerprint density at radius 1 is 1.39 bits per heavy atom. The van der Waals surface area contributed by atoms with Gasteiger partial charge < -0.3 is 9.84 Å². The smallest absolute Gasteiger partial charge is 0.328 e. The molecule has 96 valence electrons. The minimum absolute atomic E-state index is 0.308. The quantitative estimate of drug-likeness (QED) is 0.859. The Bertz CT molecular complexity index is 462. The second kappa shape index (κ2) is 6.05. The van der Waals surface area contributed by atoms with E-state index in [4.69, 9.17) is 9.84 Å². The first-order chi connectivity index (χ1) is 8.65. The van der Waals surface area contributed by atoms with Crippen molar-refractivity contribution in [2.75, 3.05) is 0 Å². The highest BCUT2D eigenvalue weighted by Gasteiger charge is 2.16. The van der Waals surface area contributed by atoms with E-state index in [9.17, 15) is 4.79 Å². The third kappa shape index (κ3) is 3.60. The van der Waals surface area contributed by atoms with E-state index in [2.05, 4.69) is 15.9 Å². The predicted molar refractivity (Wildman–Crippen MR) is 73.7 cm³/mol. The summed E-state index contributed by atoms with van der Waals surface area (Å²) in [5.41, 5.74) is 0.813. The molecule has 4 heteroatoms. The van der Waals surface area contributed by atoms with Gasteiger partial charge in [-0.05, 0) is 55.5 Å². The van der Waals surface area contributed by atoms with E-state index in [0.29, 0.717) is 6.10 Å². The summed E-state index contributed by atoms with van der Waals surface area (Å²) in [5, 5.41) is 8.63. The molecule has 1 aromatic carbocycles. The Balaban J connectivity index is 2.12. The Hall–Kier alpha value is -1.29. The van der Waals surface area contributed by atoms with E-state index in [-0.39, 0.29) is 0 Å². The van der Waals surface area contributed by atoms with Crippen LogP contribution in [0.1, 0.15) is 31.2 Å². The zero-order valence-electron chi connectivity index (χ0n) is 9.93. The maximum absolute atomic E-state index is 10.5. The molecule has 1 aromatic rings. The average molecular weight is 311 g/mol. The lowest BCUT2D eigenvalue weighted by Gasteiger charge is -2.13. The number of hydrogen-bond acceptors (Lipinski definition) is 2. The van der Waals surface area contributed by atoms with Crippen LogP contribution < -0.4 is 4.74 Å². The SMILES string of the molecule is O=C(O)/C=C/c1cc(OC2CCCC2)ccc1Br. The van der Waals surface area contributed by atoms with E-state index < -0.39 is 5.97 Å². The second-order valence-corrected chi connectivity index (χ2v) is 5.23. The largest absolute Gasteiger partial charge is 0.490 e. The summed E-state index contributed by atoms with van der Waals surface area (Å²) < 4.78 is 6.74.